The molecule has 0 unspecified atom stereocenters. The van der Waals surface area contributed by atoms with Crippen LogP contribution in [0.4, 0.5) is 10.2 Å². The fourth-order valence-electron chi connectivity index (χ4n) is 2.34. The molecule has 2 heterocycles. The highest BCUT2D eigenvalue weighted by Crippen LogP contribution is 2.42. The van der Waals surface area contributed by atoms with Crippen LogP contribution in [-0.4, -0.2) is 32.5 Å². The van der Waals surface area contributed by atoms with Gasteiger partial charge in [-0.3, -0.25) is 0 Å². The summed E-state index contributed by atoms with van der Waals surface area (Å²) in [5, 5.41) is 12.2. The highest BCUT2D eigenvalue weighted by atomic mass is 35.5. The van der Waals surface area contributed by atoms with Gasteiger partial charge in [0.05, 0.1) is 10.0 Å². The lowest BCUT2D eigenvalue weighted by Gasteiger charge is -2.17. The molecule has 0 aliphatic heterocycles. The summed E-state index contributed by atoms with van der Waals surface area (Å²) in [6.45, 7) is 3.89. The number of nitrogens with zero attached hydrogens (tertiary/aromatic N) is 4. The number of thioether (sulfide) groups is 1. The number of benzene rings is 1. The zero-order chi connectivity index (χ0) is 18.1. The normalized spacial score (nSPS) is 11.3. The highest BCUT2D eigenvalue weighted by Gasteiger charge is 2.23. The van der Waals surface area contributed by atoms with Crippen molar-refractivity contribution >= 4 is 51.9 Å². The molecule has 0 radical (unpaired) electrons. The number of anilines is 1. The second-order valence-corrected chi connectivity index (χ2v) is 7.07. The molecule has 0 spiro atoms. The molecule has 0 saturated carbocycles. The van der Waals surface area contributed by atoms with E-state index in [9.17, 15) is 4.39 Å². The number of nitrogens with one attached hydrogen (secondary N) is 1. The number of fused-ring (bicyclic) bond motifs is 1. The zero-order valence-electron chi connectivity index (χ0n) is 13.6. The molecule has 0 amide bonds. The van der Waals surface area contributed by atoms with E-state index >= 15 is 0 Å². The first-order valence-corrected chi connectivity index (χ1v) is 9.39. The molecule has 5 nitrogen and oxygen atoms in total. The quantitative estimate of drug-likeness (QED) is 0.619. The van der Waals surface area contributed by atoms with Crippen LogP contribution in [0.15, 0.2) is 23.4 Å². The molecule has 3 rings (SSSR count). The Morgan fingerprint density at radius 3 is 2.52 bits per heavy atom. The third kappa shape index (κ3) is 3.49. The maximum absolute atomic E-state index is 14.5. The Kier molecular flexibility index (Phi) is 5.27. The van der Waals surface area contributed by atoms with Crippen molar-refractivity contribution in [3.8, 4) is 11.1 Å². The molecule has 9 heteroatoms. The molecule has 130 valence electrons. The van der Waals surface area contributed by atoms with Crippen molar-refractivity contribution in [2.24, 2.45) is 0 Å². The summed E-state index contributed by atoms with van der Waals surface area (Å²) >= 11 is 14.1. The smallest absolute Gasteiger partial charge is 0.210 e. The number of hydrogen-bond acceptors (Lipinski definition) is 6. The minimum atomic E-state index is -0.496. The van der Waals surface area contributed by atoms with Gasteiger partial charge in [-0.05, 0) is 32.2 Å². The van der Waals surface area contributed by atoms with Crippen molar-refractivity contribution in [3.63, 3.8) is 0 Å². The number of hydrogen-bond donors (Lipinski definition) is 1. The van der Waals surface area contributed by atoms with Gasteiger partial charge in [0.15, 0.2) is 5.65 Å². The summed E-state index contributed by atoms with van der Waals surface area (Å²) in [5.41, 5.74) is 1.15. The van der Waals surface area contributed by atoms with E-state index in [1.807, 2.05) is 20.1 Å². The van der Waals surface area contributed by atoms with Gasteiger partial charge < -0.3 is 5.32 Å². The van der Waals surface area contributed by atoms with E-state index in [0.29, 0.717) is 27.7 Å². The fourth-order valence-corrected chi connectivity index (χ4v) is 3.20. The first-order valence-electron chi connectivity index (χ1n) is 7.41. The molecular weight excluding hydrogens is 384 g/mol. The molecule has 0 saturated heterocycles. The largest absolute Gasteiger partial charge is 0.367 e. The zero-order valence-corrected chi connectivity index (χ0v) is 16.0. The van der Waals surface area contributed by atoms with Gasteiger partial charge in [-0.25, -0.2) is 9.37 Å². The average molecular weight is 398 g/mol. The fraction of sp³-hybridized carbons (Fsp3) is 0.250. The molecule has 0 atom stereocenters. The van der Waals surface area contributed by atoms with Gasteiger partial charge in [0.2, 0.25) is 5.16 Å². The van der Waals surface area contributed by atoms with Crippen molar-refractivity contribution in [1.29, 1.82) is 0 Å². The average Bonchev–Trinajstić information content (AvgIpc) is 2.56. The van der Waals surface area contributed by atoms with Crippen LogP contribution in [0.25, 0.3) is 22.3 Å². The monoisotopic (exact) mass is 397 g/mol. The standard InChI is InChI=1S/C16H14Cl2FN5S/c1-7(2)20-14-11(10-8(17)5-4-6-9(10)19)12(18)13-15(21-14)22-16(25-3)24-23-13/h4-7H,1-3H3,(H,20,21,22,24). The second-order valence-electron chi connectivity index (χ2n) is 5.52. The van der Waals surface area contributed by atoms with Crippen molar-refractivity contribution in [2.75, 3.05) is 11.6 Å². The summed E-state index contributed by atoms with van der Waals surface area (Å²) in [4.78, 5) is 8.82. The lowest BCUT2D eigenvalue weighted by atomic mass is 10.0. The van der Waals surface area contributed by atoms with Gasteiger partial charge in [-0.15, -0.1) is 10.2 Å². The Balaban J connectivity index is 2.38. The molecule has 0 aliphatic carbocycles. The third-order valence-corrected chi connectivity index (χ3v) is 4.57. The van der Waals surface area contributed by atoms with Crippen LogP contribution in [0.5, 0.6) is 0 Å². The molecule has 25 heavy (non-hydrogen) atoms. The van der Waals surface area contributed by atoms with Crippen LogP contribution >= 0.6 is 35.0 Å². The van der Waals surface area contributed by atoms with Crippen LogP contribution < -0.4 is 5.32 Å². The van der Waals surface area contributed by atoms with E-state index in [2.05, 4.69) is 25.5 Å². The van der Waals surface area contributed by atoms with Crippen molar-refractivity contribution in [1.82, 2.24) is 20.2 Å². The molecule has 0 bridgehead atoms. The van der Waals surface area contributed by atoms with Gasteiger partial charge in [-0.2, -0.15) is 4.98 Å². The molecule has 3 aromatic rings. The van der Waals surface area contributed by atoms with Gasteiger partial charge >= 0.3 is 0 Å². The van der Waals surface area contributed by atoms with Crippen molar-refractivity contribution < 1.29 is 4.39 Å². The molecular formula is C16H14Cl2FN5S. The summed E-state index contributed by atoms with van der Waals surface area (Å²) in [7, 11) is 0. The van der Waals surface area contributed by atoms with Gasteiger partial charge in [0, 0.05) is 17.2 Å². The number of halogens is 3. The van der Waals surface area contributed by atoms with Crippen LogP contribution in [0.3, 0.4) is 0 Å². The Bertz CT molecular complexity index is 931. The molecule has 0 aliphatic rings. The minimum Gasteiger partial charge on any atom is -0.367 e. The lowest BCUT2D eigenvalue weighted by molar-refractivity contribution is 0.631. The Morgan fingerprint density at radius 2 is 1.88 bits per heavy atom. The predicted octanol–water partition coefficient (Wildman–Crippen LogP) is 5.07. The van der Waals surface area contributed by atoms with Crippen LogP contribution in [0.1, 0.15) is 13.8 Å². The minimum absolute atomic E-state index is 0.0418. The summed E-state index contributed by atoms with van der Waals surface area (Å²) < 4.78 is 14.5. The Hall–Kier alpha value is -1.70. The SMILES string of the molecule is CSc1nnc2c(Cl)c(-c3c(F)cccc3Cl)c(NC(C)C)nc2n1. The lowest BCUT2D eigenvalue weighted by Crippen LogP contribution is -2.13. The van der Waals surface area contributed by atoms with E-state index in [1.165, 1.54) is 23.9 Å². The van der Waals surface area contributed by atoms with E-state index < -0.39 is 5.82 Å². The first kappa shape index (κ1) is 18.1. The van der Waals surface area contributed by atoms with E-state index in [4.69, 9.17) is 23.2 Å². The number of rotatable bonds is 4. The molecule has 2 aromatic heterocycles. The maximum Gasteiger partial charge on any atom is 0.210 e. The molecule has 0 fully saturated rings. The summed E-state index contributed by atoms with van der Waals surface area (Å²) in [6, 6.07) is 4.49. The van der Waals surface area contributed by atoms with Crippen LogP contribution in [0.2, 0.25) is 10.0 Å². The second kappa shape index (κ2) is 7.27. The Morgan fingerprint density at radius 1 is 1.12 bits per heavy atom. The number of pyridine rings is 1. The van der Waals surface area contributed by atoms with E-state index in [0.717, 1.165) is 0 Å². The van der Waals surface area contributed by atoms with Crippen molar-refractivity contribution in [2.45, 2.75) is 25.0 Å². The first-order chi connectivity index (χ1) is 11.9. The van der Waals surface area contributed by atoms with Gasteiger partial charge in [0.25, 0.3) is 0 Å². The molecule has 1 N–H and O–H groups in total. The maximum atomic E-state index is 14.5. The molecule has 1 aromatic carbocycles. The van der Waals surface area contributed by atoms with Crippen molar-refractivity contribution in [3.05, 3.63) is 34.1 Å². The summed E-state index contributed by atoms with van der Waals surface area (Å²) in [6.07, 6.45) is 1.84. The van der Waals surface area contributed by atoms with Gasteiger partial charge in [-0.1, -0.05) is 41.0 Å². The Labute approximate surface area is 158 Å². The van der Waals surface area contributed by atoms with Crippen LogP contribution in [0, 0.1) is 5.82 Å². The number of aromatic nitrogens is 4. The predicted molar refractivity (Wildman–Crippen MR) is 101 cm³/mol. The van der Waals surface area contributed by atoms with Gasteiger partial charge in [0.1, 0.15) is 17.2 Å². The van der Waals surface area contributed by atoms with Crippen LogP contribution in [-0.2, 0) is 0 Å². The highest BCUT2D eigenvalue weighted by molar-refractivity contribution is 7.98. The summed E-state index contributed by atoms with van der Waals surface area (Å²) in [5.74, 6) is -0.101. The van der Waals surface area contributed by atoms with E-state index in [1.54, 1.807) is 6.07 Å². The third-order valence-electron chi connectivity index (χ3n) is 3.35. The topological polar surface area (TPSA) is 63.6 Å². The van der Waals surface area contributed by atoms with E-state index in [-0.39, 0.29) is 21.7 Å².